The van der Waals surface area contributed by atoms with Crippen LogP contribution in [0.1, 0.15) is 18.1 Å². The number of hydrogen-bond acceptors (Lipinski definition) is 6. The van der Waals surface area contributed by atoms with Crippen LogP contribution in [0, 0.1) is 0 Å². The van der Waals surface area contributed by atoms with Crippen molar-refractivity contribution in [1.29, 1.82) is 0 Å². The van der Waals surface area contributed by atoms with Gasteiger partial charge in [-0.2, -0.15) is 0 Å². The third-order valence-electron chi connectivity index (χ3n) is 5.05. The molecule has 0 atom stereocenters. The molecule has 8 heteroatoms. The van der Waals surface area contributed by atoms with Gasteiger partial charge in [-0.15, -0.1) is 0 Å². The minimum absolute atomic E-state index is 0.241. The SMILES string of the molecule is CCOC(=O)N1CCN(Cc2ccn(Cc3ccccc3OC)c(=O)c2O)CC1. The Hall–Kier alpha value is -3.00. The molecule has 1 aliphatic heterocycles. The second-order valence-corrected chi connectivity index (χ2v) is 6.90. The molecule has 0 bridgehead atoms. The second kappa shape index (κ2) is 9.47. The second-order valence-electron chi connectivity index (χ2n) is 6.90. The molecular weight excluding hydrogens is 374 g/mol. The van der Waals surface area contributed by atoms with E-state index in [-0.39, 0.29) is 11.8 Å². The highest BCUT2D eigenvalue weighted by Crippen LogP contribution is 2.20. The van der Waals surface area contributed by atoms with E-state index in [1.807, 2.05) is 24.3 Å². The number of rotatable bonds is 6. The fourth-order valence-electron chi connectivity index (χ4n) is 3.41. The van der Waals surface area contributed by atoms with Crippen molar-refractivity contribution in [3.8, 4) is 11.5 Å². The number of para-hydroxylation sites is 1. The van der Waals surface area contributed by atoms with Crippen molar-refractivity contribution >= 4 is 6.09 Å². The predicted octanol–water partition coefficient (Wildman–Crippen LogP) is 1.88. The number of ether oxygens (including phenoxy) is 2. The Morgan fingerprint density at radius 2 is 1.79 bits per heavy atom. The van der Waals surface area contributed by atoms with Crippen molar-refractivity contribution in [1.82, 2.24) is 14.4 Å². The first kappa shape index (κ1) is 20.7. The molecule has 29 heavy (non-hydrogen) atoms. The van der Waals surface area contributed by atoms with Crippen LogP contribution in [0.4, 0.5) is 4.79 Å². The minimum Gasteiger partial charge on any atom is -0.503 e. The Kier molecular flexibility index (Phi) is 6.77. The van der Waals surface area contributed by atoms with Crippen LogP contribution in [0.3, 0.4) is 0 Å². The lowest BCUT2D eigenvalue weighted by atomic mass is 10.1. The summed E-state index contributed by atoms with van der Waals surface area (Å²) in [5, 5.41) is 10.4. The number of amides is 1. The van der Waals surface area contributed by atoms with Crippen molar-refractivity contribution in [3.05, 3.63) is 58.0 Å². The summed E-state index contributed by atoms with van der Waals surface area (Å²) in [6.07, 6.45) is 1.40. The summed E-state index contributed by atoms with van der Waals surface area (Å²) in [4.78, 5) is 28.2. The zero-order valence-corrected chi connectivity index (χ0v) is 16.8. The van der Waals surface area contributed by atoms with Crippen LogP contribution in [0.5, 0.6) is 11.5 Å². The van der Waals surface area contributed by atoms with Gasteiger partial charge in [-0.1, -0.05) is 18.2 Å². The summed E-state index contributed by atoms with van der Waals surface area (Å²) in [6.45, 7) is 5.34. The van der Waals surface area contributed by atoms with Crippen molar-refractivity contribution in [2.24, 2.45) is 0 Å². The molecule has 1 aliphatic rings. The lowest BCUT2D eigenvalue weighted by Crippen LogP contribution is -2.48. The highest BCUT2D eigenvalue weighted by molar-refractivity contribution is 5.67. The van der Waals surface area contributed by atoms with Gasteiger partial charge in [0.2, 0.25) is 0 Å². The van der Waals surface area contributed by atoms with Gasteiger partial charge in [-0.3, -0.25) is 9.69 Å². The Labute approximate surface area is 169 Å². The molecule has 3 rings (SSSR count). The van der Waals surface area contributed by atoms with Crippen LogP contribution < -0.4 is 10.3 Å². The minimum atomic E-state index is -0.432. The molecular formula is C21H27N3O5. The van der Waals surface area contributed by atoms with E-state index in [0.29, 0.717) is 57.2 Å². The first-order valence-electron chi connectivity index (χ1n) is 9.70. The third-order valence-corrected chi connectivity index (χ3v) is 5.05. The first-order valence-corrected chi connectivity index (χ1v) is 9.70. The van der Waals surface area contributed by atoms with Crippen LogP contribution in [-0.4, -0.2) is 65.5 Å². The number of hydrogen-bond donors (Lipinski definition) is 1. The third kappa shape index (κ3) is 4.89. The van der Waals surface area contributed by atoms with E-state index in [1.165, 1.54) is 4.57 Å². The molecule has 2 aromatic rings. The maximum absolute atomic E-state index is 12.6. The molecule has 1 aromatic heterocycles. The van der Waals surface area contributed by atoms with E-state index >= 15 is 0 Å². The van der Waals surface area contributed by atoms with Crippen LogP contribution in [0.15, 0.2) is 41.3 Å². The number of pyridine rings is 1. The maximum Gasteiger partial charge on any atom is 0.409 e. The number of benzene rings is 1. The summed E-state index contributed by atoms with van der Waals surface area (Å²) in [7, 11) is 1.59. The van der Waals surface area contributed by atoms with Crippen molar-refractivity contribution in [3.63, 3.8) is 0 Å². The van der Waals surface area contributed by atoms with E-state index in [9.17, 15) is 14.7 Å². The Balaban J connectivity index is 1.66. The van der Waals surface area contributed by atoms with Crippen LogP contribution in [-0.2, 0) is 17.8 Å². The zero-order chi connectivity index (χ0) is 20.8. The van der Waals surface area contributed by atoms with Gasteiger partial charge in [0.1, 0.15) is 5.75 Å². The molecule has 8 nitrogen and oxygen atoms in total. The van der Waals surface area contributed by atoms with Crippen LogP contribution >= 0.6 is 0 Å². The molecule has 0 unspecified atom stereocenters. The number of carbonyl (C=O) groups excluding carboxylic acids is 1. The summed E-state index contributed by atoms with van der Waals surface area (Å²) in [6, 6.07) is 9.24. The average molecular weight is 401 g/mol. The maximum atomic E-state index is 12.6. The lowest BCUT2D eigenvalue weighted by molar-refractivity contribution is 0.0776. The largest absolute Gasteiger partial charge is 0.503 e. The Morgan fingerprint density at radius 3 is 2.48 bits per heavy atom. The predicted molar refractivity (Wildman–Crippen MR) is 108 cm³/mol. The van der Waals surface area contributed by atoms with Gasteiger partial charge in [0.15, 0.2) is 5.75 Å². The highest BCUT2D eigenvalue weighted by atomic mass is 16.6. The molecule has 0 saturated carbocycles. The number of nitrogens with zero attached hydrogens (tertiary/aromatic N) is 3. The number of piperazine rings is 1. The molecule has 0 radical (unpaired) electrons. The molecule has 1 saturated heterocycles. The normalized spacial score (nSPS) is 14.6. The first-order chi connectivity index (χ1) is 14.0. The molecule has 1 amide bonds. The van der Waals surface area contributed by atoms with Crippen LogP contribution in [0.25, 0.3) is 0 Å². The molecule has 156 valence electrons. The van der Waals surface area contributed by atoms with Crippen molar-refractivity contribution in [2.45, 2.75) is 20.0 Å². The summed E-state index contributed by atoms with van der Waals surface area (Å²) in [5.41, 5.74) is 1.01. The smallest absolute Gasteiger partial charge is 0.409 e. The van der Waals surface area contributed by atoms with Crippen molar-refractivity contribution in [2.75, 3.05) is 39.9 Å². The Bertz CT molecular complexity index is 903. The zero-order valence-electron chi connectivity index (χ0n) is 16.8. The highest BCUT2D eigenvalue weighted by Gasteiger charge is 2.23. The topological polar surface area (TPSA) is 84.2 Å². The summed E-state index contributed by atoms with van der Waals surface area (Å²) in [5.74, 6) is 0.456. The van der Waals surface area contributed by atoms with Gasteiger partial charge >= 0.3 is 6.09 Å². The molecule has 0 aliphatic carbocycles. The van der Waals surface area contributed by atoms with Gasteiger partial charge in [0, 0.05) is 50.0 Å². The average Bonchev–Trinajstić information content (AvgIpc) is 2.74. The molecule has 1 aromatic carbocycles. The Morgan fingerprint density at radius 1 is 1.07 bits per heavy atom. The number of methoxy groups -OCH3 is 1. The monoisotopic (exact) mass is 401 g/mol. The number of carbonyl (C=O) groups is 1. The standard InChI is InChI=1S/C21H27N3O5/c1-3-29-21(27)23-12-10-22(11-13-23)14-17-8-9-24(20(26)19(17)25)15-16-6-4-5-7-18(16)28-2/h4-9,25H,3,10-15H2,1-2H3. The van der Waals surface area contributed by atoms with E-state index in [0.717, 1.165) is 5.56 Å². The van der Waals surface area contributed by atoms with Gasteiger partial charge in [0.05, 0.1) is 20.3 Å². The van der Waals surface area contributed by atoms with Gasteiger partial charge in [-0.05, 0) is 19.1 Å². The van der Waals surface area contributed by atoms with Gasteiger partial charge in [0.25, 0.3) is 5.56 Å². The van der Waals surface area contributed by atoms with Crippen molar-refractivity contribution < 1.29 is 19.4 Å². The van der Waals surface area contributed by atoms with E-state index in [1.54, 1.807) is 31.2 Å². The lowest BCUT2D eigenvalue weighted by Gasteiger charge is -2.34. The molecule has 0 spiro atoms. The summed E-state index contributed by atoms with van der Waals surface area (Å²) < 4.78 is 11.8. The molecule has 2 heterocycles. The van der Waals surface area contributed by atoms with E-state index in [2.05, 4.69) is 4.90 Å². The molecule has 1 fully saturated rings. The number of aromatic hydroxyl groups is 1. The van der Waals surface area contributed by atoms with Gasteiger partial charge < -0.3 is 24.0 Å². The quantitative estimate of drug-likeness (QED) is 0.796. The number of aromatic nitrogens is 1. The van der Waals surface area contributed by atoms with E-state index < -0.39 is 5.56 Å². The summed E-state index contributed by atoms with van der Waals surface area (Å²) >= 11 is 0. The fourth-order valence-corrected chi connectivity index (χ4v) is 3.41. The fraction of sp³-hybridized carbons (Fsp3) is 0.429. The van der Waals surface area contributed by atoms with Gasteiger partial charge in [-0.25, -0.2) is 4.79 Å². The van der Waals surface area contributed by atoms with E-state index in [4.69, 9.17) is 9.47 Å². The van der Waals surface area contributed by atoms with Crippen LogP contribution in [0.2, 0.25) is 0 Å². The molecule has 1 N–H and O–H groups in total.